The summed E-state index contributed by atoms with van der Waals surface area (Å²) < 4.78 is 5.32. The number of anilines is 1. The molecule has 5 heteroatoms. The zero-order chi connectivity index (χ0) is 21.2. The van der Waals surface area contributed by atoms with E-state index in [-0.39, 0.29) is 11.9 Å². The van der Waals surface area contributed by atoms with Gasteiger partial charge in [0.15, 0.2) is 0 Å². The van der Waals surface area contributed by atoms with Gasteiger partial charge in [-0.15, -0.1) is 0 Å². The van der Waals surface area contributed by atoms with Crippen molar-refractivity contribution >= 4 is 11.6 Å². The van der Waals surface area contributed by atoms with E-state index in [0.29, 0.717) is 13.1 Å². The lowest BCUT2D eigenvalue weighted by molar-refractivity contribution is -0.122. The molecule has 0 aliphatic carbocycles. The number of nitrogens with zero attached hydrogens (tertiary/aromatic N) is 1. The number of rotatable bonds is 10. The number of hydrogen-bond acceptors (Lipinski definition) is 4. The molecule has 1 atom stereocenters. The second kappa shape index (κ2) is 11.0. The Morgan fingerprint density at radius 3 is 2.37 bits per heavy atom. The van der Waals surface area contributed by atoms with Crippen molar-refractivity contribution in [3.8, 4) is 5.75 Å². The quantitative estimate of drug-likeness (QED) is 0.535. The zero-order valence-electron chi connectivity index (χ0n) is 17.5. The van der Waals surface area contributed by atoms with Gasteiger partial charge in [0.1, 0.15) is 5.75 Å². The van der Waals surface area contributed by atoms with Gasteiger partial charge in [0, 0.05) is 24.8 Å². The molecule has 30 heavy (non-hydrogen) atoms. The number of ether oxygens (including phenoxy) is 1. The first-order chi connectivity index (χ1) is 14.6. The normalized spacial score (nSPS) is 11.7. The van der Waals surface area contributed by atoms with E-state index in [1.807, 2.05) is 72.6 Å². The lowest BCUT2D eigenvalue weighted by atomic mass is 10.1. The molecule has 3 rings (SSSR count). The highest BCUT2D eigenvalue weighted by molar-refractivity contribution is 5.78. The third kappa shape index (κ3) is 6.64. The molecule has 0 heterocycles. The molecule has 0 aliphatic rings. The number of benzene rings is 3. The molecule has 0 saturated carbocycles. The van der Waals surface area contributed by atoms with E-state index >= 15 is 0 Å². The summed E-state index contributed by atoms with van der Waals surface area (Å²) in [5.41, 5.74) is 3.24. The van der Waals surface area contributed by atoms with Gasteiger partial charge < -0.3 is 15.4 Å². The number of methoxy groups -OCH3 is 1. The highest BCUT2D eigenvalue weighted by Gasteiger charge is 2.14. The highest BCUT2D eigenvalue weighted by atomic mass is 16.5. The van der Waals surface area contributed by atoms with Gasteiger partial charge in [0.2, 0.25) is 5.91 Å². The molecule has 3 aromatic carbocycles. The van der Waals surface area contributed by atoms with Gasteiger partial charge >= 0.3 is 0 Å². The van der Waals surface area contributed by atoms with Crippen LogP contribution < -0.4 is 15.4 Å². The lowest BCUT2D eigenvalue weighted by Gasteiger charge is -2.22. The fraction of sp³-hybridized carbons (Fsp3) is 0.240. The van der Waals surface area contributed by atoms with Crippen molar-refractivity contribution in [1.82, 2.24) is 10.2 Å². The Bertz CT molecular complexity index is 916. The summed E-state index contributed by atoms with van der Waals surface area (Å²) in [6.07, 6.45) is 0. The maximum atomic E-state index is 12.5. The maximum Gasteiger partial charge on any atom is 0.234 e. The average molecular weight is 404 g/mol. The van der Waals surface area contributed by atoms with Crippen molar-refractivity contribution in [3.05, 3.63) is 96.1 Å². The lowest BCUT2D eigenvalue weighted by Crippen LogP contribution is -2.38. The van der Waals surface area contributed by atoms with Crippen molar-refractivity contribution in [2.24, 2.45) is 0 Å². The van der Waals surface area contributed by atoms with Crippen LogP contribution in [0.2, 0.25) is 0 Å². The Morgan fingerprint density at radius 1 is 0.967 bits per heavy atom. The molecular formula is C25H29N3O2. The summed E-state index contributed by atoms with van der Waals surface area (Å²) in [5.74, 6) is 0.792. The van der Waals surface area contributed by atoms with Crippen LogP contribution in [-0.4, -0.2) is 38.1 Å². The van der Waals surface area contributed by atoms with Crippen LogP contribution in [-0.2, 0) is 11.3 Å². The van der Waals surface area contributed by atoms with E-state index in [2.05, 4.69) is 34.9 Å². The van der Waals surface area contributed by atoms with E-state index in [9.17, 15) is 4.79 Å². The maximum absolute atomic E-state index is 12.5. The molecular weight excluding hydrogens is 374 g/mol. The molecule has 156 valence electrons. The minimum absolute atomic E-state index is 0.00167. The van der Waals surface area contributed by atoms with Crippen molar-refractivity contribution in [3.63, 3.8) is 0 Å². The molecule has 0 unspecified atom stereocenters. The number of amides is 1. The van der Waals surface area contributed by atoms with Gasteiger partial charge in [0.05, 0.1) is 19.7 Å². The van der Waals surface area contributed by atoms with E-state index < -0.39 is 0 Å². The van der Waals surface area contributed by atoms with Crippen LogP contribution in [0.15, 0.2) is 84.9 Å². The van der Waals surface area contributed by atoms with Crippen molar-refractivity contribution in [1.29, 1.82) is 0 Å². The standard InChI is InChI=1S/C25H29N3O2/c1-28(18-20-10-5-3-6-11-20)19-25(29)26-17-24(21-12-7-4-8-13-21)27-22-14-9-15-23(16-22)30-2/h3-16,24,27H,17-19H2,1-2H3,(H,26,29)/t24-/m0/s1. The Kier molecular flexibility index (Phi) is 7.86. The molecule has 0 aromatic heterocycles. The SMILES string of the molecule is COc1cccc(N[C@@H](CNC(=O)CN(C)Cc2ccccc2)c2ccccc2)c1. The molecule has 0 fully saturated rings. The molecule has 0 spiro atoms. The van der Waals surface area contributed by atoms with Crippen molar-refractivity contribution in [2.75, 3.05) is 32.6 Å². The van der Waals surface area contributed by atoms with E-state index in [4.69, 9.17) is 4.74 Å². The fourth-order valence-corrected chi connectivity index (χ4v) is 3.32. The van der Waals surface area contributed by atoms with Crippen LogP contribution in [0.4, 0.5) is 5.69 Å². The predicted molar refractivity (Wildman–Crippen MR) is 122 cm³/mol. The van der Waals surface area contributed by atoms with Gasteiger partial charge in [-0.1, -0.05) is 66.7 Å². The summed E-state index contributed by atoms with van der Waals surface area (Å²) in [5, 5.41) is 6.58. The van der Waals surface area contributed by atoms with Gasteiger partial charge in [-0.25, -0.2) is 0 Å². The van der Waals surface area contributed by atoms with E-state index in [0.717, 1.165) is 23.5 Å². The van der Waals surface area contributed by atoms with Crippen LogP contribution in [0.25, 0.3) is 0 Å². The molecule has 0 aliphatic heterocycles. The molecule has 2 N–H and O–H groups in total. The molecule has 0 saturated heterocycles. The van der Waals surface area contributed by atoms with Gasteiger partial charge in [0.25, 0.3) is 0 Å². The topological polar surface area (TPSA) is 53.6 Å². The first-order valence-electron chi connectivity index (χ1n) is 10.1. The summed E-state index contributed by atoms with van der Waals surface area (Å²) in [4.78, 5) is 14.5. The molecule has 0 bridgehead atoms. The van der Waals surface area contributed by atoms with Crippen LogP contribution in [0.5, 0.6) is 5.75 Å². The Labute approximate surface area is 178 Å². The van der Waals surface area contributed by atoms with Crippen LogP contribution in [0.3, 0.4) is 0 Å². The predicted octanol–water partition coefficient (Wildman–Crippen LogP) is 4.10. The third-order valence-electron chi connectivity index (χ3n) is 4.82. The molecule has 5 nitrogen and oxygen atoms in total. The van der Waals surface area contributed by atoms with Gasteiger partial charge in [-0.3, -0.25) is 9.69 Å². The van der Waals surface area contributed by atoms with Gasteiger partial charge in [-0.2, -0.15) is 0 Å². The van der Waals surface area contributed by atoms with Crippen LogP contribution in [0, 0.1) is 0 Å². The molecule has 1 amide bonds. The van der Waals surface area contributed by atoms with Crippen LogP contribution in [0.1, 0.15) is 17.2 Å². The van der Waals surface area contributed by atoms with Gasteiger partial charge in [-0.05, 0) is 30.3 Å². The zero-order valence-corrected chi connectivity index (χ0v) is 17.5. The summed E-state index contributed by atoms with van der Waals surface area (Å²) in [7, 11) is 3.61. The van der Waals surface area contributed by atoms with E-state index in [1.165, 1.54) is 5.56 Å². The molecule has 0 radical (unpaired) electrons. The number of hydrogen-bond donors (Lipinski definition) is 2. The number of carbonyl (C=O) groups is 1. The number of likely N-dealkylation sites (N-methyl/N-ethyl adjacent to an activating group) is 1. The summed E-state index contributed by atoms with van der Waals surface area (Å²) >= 11 is 0. The first kappa shape index (κ1) is 21.4. The molecule has 3 aromatic rings. The third-order valence-corrected chi connectivity index (χ3v) is 4.82. The fourth-order valence-electron chi connectivity index (χ4n) is 3.32. The largest absolute Gasteiger partial charge is 0.497 e. The summed E-state index contributed by atoms with van der Waals surface area (Å²) in [6, 6.07) is 28.0. The van der Waals surface area contributed by atoms with Crippen LogP contribution >= 0.6 is 0 Å². The smallest absolute Gasteiger partial charge is 0.234 e. The second-order valence-electron chi connectivity index (χ2n) is 7.30. The number of carbonyl (C=O) groups excluding carboxylic acids is 1. The Balaban J connectivity index is 1.59. The Morgan fingerprint density at radius 2 is 1.67 bits per heavy atom. The van der Waals surface area contributed by atoms with E-state index in [1.54, 1.807) is 7.11 Å². The van der Waals surface area contributed by atoms with Crippen molar-refractivity contribution in [2.45, 2.75) is 12.6 Å². The monoisotopic (exact) mass is 403 g/mol. The highest BCUT2D eigenvalue weighted by Crippen LogP contribution is 2.22. The average Bonchev–Trinajstić information content (AvgIpc) is 2.78. The minimum Gasteiger partial charge on any atom is -0.497 e. The van der Waals surface area contributed by atoms with Crippen molar-refractivity contribution < 1.29 is 9.53 Å². The Hall–Kier alpha value is -3.31. The number of nitrogens with one attached hydrogen (secondary N) is 2. The summed E-state index contributed by atoms with van der Waals surface area (Å²) in [6.45, 7) is 1.56. The first-order valence-corrected chi connectivity index (χ1v) is 10.1. The minimum atomic E-state index is -0.0540. The second-order valence-corrected chi connectivity index (χ2v) is 7.30.